The number of nitrogens with two attached hydrogens (primary N) is 1. The Morgan fingerprint density at radius 1 is 1.80 bits per heavy atom. The van der Waals surface area contributed by atoms with Crippen molar-refractivity contribution in [3.05, 3.63) is 6.20 Å². The minimum Gasteiger partial charge on any atom is -0.382 e. The number of hydrogen-bond acceptors (Lipinski definition) is 3. The predicted molar refractivity (Wildman–Crippen MR) is 41.9 cm³/mol. The smallest absolute Gasteiger partial charge is 0.142 e. The molecule has 0 aliphatic heterocycles. The van der Waals surface area contributed by atoms with Gasteiger partial charge in [-0.3, -0.25) is 5.10 Å². The summed E-state index contributed by atoms with van der Waals surface area (Å²) in [6, 6.07) is 0. The van der Waals surface area contributed by atoms with Crippen LogP contribution in [0.3, 0.4) is 0 Å². The molecule has 1 rings (SSSR count). The lowest BCUT2D eigenvalue weighted by molar-refractivity contribution is 0.971. The van der Waals surface area contributed by atoms with E-state index in [0.29, 0.717) is 5.82 Å². The van der Waals surface area contributed by atoms with E-state index in [9.17, 15) is 0 Å². The molecule has 1 aromatic rings. The molecule has 3 N–H and O–H groups in total. The summed E-state index contributed by atoms with van der Waals surface area (Å²) >= 11 is 0. The van der Waals surface area contributed by atoms with Crippen LogP contribution in [0.15, 0.2) is 6.20 Å². The summed E-state index contributed by atoms with van der Waals surface area (Å²) < 4.78 is 0. The molecule has 4 heteroatoms. The number of hydrogen-bond donors (Lipinski definition) is 2. The molecule has 0 spiro atoms. The molecule has 0 radical (unpaired) electrons. The van der Waals surface area contributed by atoms with Gasteiger partial charge in [-0.1, -0.05) is 0 Å². The minimum atomic E-state index is 0.629. The van der Waals surface area contributed by atoms with E-state index in [1.807, 2.05) is 11.9 Å². The fourth-order valence-corrected chi connectivity index (χ4v) is 0.764. The van der Waals surface area contributed by atoms with Gasteiger partial charge < -0.3 is 10.6 Å². The predicted octanol–water partition coefficient (Wildman–Crippen LogP) is 0.448. The van der Waals surface area contributed by atoms with Crippen molar-refractivity contribution in [2.24, 2.45) is 0 Å². The van der Waals surface area contributed by atoms with Crippen molar-refractivity contribution >= 4 is 11.5 Å². The summed E-state index contributed by atoms with van der Waals surface area (Å²) in [5.41, 5.74) is 6.52. The average Bonchev–Trinajstić information content (AvgIpc) is 2.34. The van der Waals surface area contributed by atoms with Crippen LogP contribution in [0.2, 0.25) is 0 Å². The average molecular weight is 140 g/mol. The van der Waals surface area contributed by atoms with Crippen molar-refractivity contribution in [3.63, 3.8) is 0 Å². The van der Waals surface area contributed by atoms with Crippen LogP contribution in [0, 0.1) is 0 Å². The van der Waals surface area contributed by atoms with Crippen molar-refractivity contribution in [1.29, 1.82) is 0 Å². The topological polar surface area (TPSA) is 57.9 Å². The van der Waals surface area contributed by atoms with E-state index in [1.54, 1.807) is 6.20 Å². The number of H-pyrrole nitrogens is 1. The molecule has 4 nitrogen and oxygen atoms in total. The Bertz CT molecular complexity index is 205. The molecule has 1 heterocycles. The number of rotatable bonds is 2. The molecule has 1 aromatic heterocycles. The van der Waals surface area contributed by atoms with Crippen LogP contribution in [-0.2, 0) is 0 Å². The van der Waals surface area contributed by atoms with Crippen LogP contribution in [0.1, 0.15) is 6.92 Å². The van der Waals surface area contributed by atoms with Gasteiger partial charge in [0.1, 0.15) is 5.82 Å². The van der Waals surface area contributed by atoms with Crippen LogP contribution in [0.4, 0.5) is 11.5 Å². The van der Waals surface area contributed by atoms with Crippen LogP contribution in [0.5, 0.6) is 0 Å². The lowest BCUT2D eigenvalue weighted by atomic mass is 10.4. The Morgan fingerprint density at radius 3 is 2.90 bits per heavy atom. The zero-order valence-corrected chi connectivity index (χ0v) is 6.26. The lowest BCUT2D eigenvalue weighted by Gasteiger charge is -2.13. The zero-order chi connectivity index (χ0) is 7.56. The van der Waals surface area contributed by atoms with Gasteiger partial charge in [-0.25, -0.2) is 0 Å². The van der Waals surface area contributed by atoms with E-state index in [1.165, 1.54) is 0 Å². The van der Waals surface area contributed by atoms with Crippen LogP contribution >= 0.6 is 0 Å². The summed E-state index contributed by atoms with van der Waals surface area (Å²) in [6.07, 6.45) is 1.72. The van der Waals surface area contributed by atoms with Crippen molar-refractivity contribution in [2.75, 3.05) is 24.2 Å². The molecule has 0 amide bonds. The normalized spacial score (nSPS) is 9.80. The second-order valence-corrected chi connectivity index (χ2v) is 2.18. The summed E-state index contributed by atoms with van der Waals surface area (Å²) in [5, 5.41) is 6.47. The van der Waals surface area contributed by atoms with E-state index in [4.69, 9.17) is 5.73 Å². The van der Waals surface area contributed by atoms with Crippen LogP contribution < -0.4 is 10.6 Å². The first-order chi connectivity index (χ1) is 4.75. The monoisotopic (exact) mass is 140 g/mol. The summed E-state index contributed by atoms with van der Waals surface area (Å²) in [5.74, 6) is 0.629. The van der Waals surface area contributed by atoms with Gasteiger partial charge in [-0.05, 0) is 6.92 Å². The fourth-order valence-electron chi connectivity index (χ4n) is 0.764. The number of nitrogens with zero attached hydrogens (tertiary/aromatic N) is 2. The summed E-state index contributed by atoms with van der Waals surface area (Å²) in [6.45, 7) is 3.00. The fraction of sp³-hybridized carbons (Fsp3) is 0.500. The Kier molecular flexibility index (Phi) is 1.80. The first kappa shape index (κ1) is 6.92. The maximum Gasteiger partial charge on any atom is 0.142 e. The third-order valence-corrected chi connectivity index (χ3v) is 1.53. The second kappa shape index (κ2) is 2.60. The van der Waals surface area contributed by atoms with E-state index >= 15 is 0 Å². The standard InChI is InChI=1S/C6H12N4/c1-3-10(2)5-4-8-9-6(5)7/h4H,3H2,1-2H3,(H3,7,8,9). The van der Waals surface area contributed by atoms with Gasteiger partial charge in [0.05, 0.1) is 11.9 Å². The second-order valence-electron chi connectivity index (χ2n) is 2.18. The van der Waals surface area contributed by atoms with Crippen molar-refractivity contribution in [1.82, 2.24) is 10.2 Å². The van der Waals surface area contributed by atoms with Gasteiger partial charge in [-0.2, -0.15) is 5.10 Å². The lowest BCUT2D eigenvalue weighted by Crippen LogP contribution is -2.16. The highest BCUT2D eigenvalue weighted by Crippen LogP contribution is 2.16. The Labute approximate surface area is 60.0 Å². The molecule has 0 atom stereocenters. The number of nitrogens with one attached hydrogen (secondary N) is 1. The summed E-state index contributed by atoms with van der Waals surface area (Å²) in [7, 11) is 1.97. The molecule has 0 bridgehead atoms. The molecule has 0 aliphatic rings. The molecule has 0 unspecified atom stereocenters. The Hall–Kier alpha value is -1.19. The minimum absolute atomic E-state index is 0.629. The number of aromatic nitrogens is 2. The molecule has 56 valence electrons. The molecule has 10 heavy (non-hydrogen) atoms. The highest BCUT2D eigenvalue weighted by atomic mass is 15.2. The zero-order valence-electron chi connectivity index (χ0n) is 6.26. The number of aromatic amines is 1. The highest BCUT2D eigenvalue weighted by Gasteiger charge is 2.03. The first-order valence-corrected chi connectivity index (χ1v) is 3.25. The van der Waals surface area contributed by atoms with Gasteiger partial charge in [0, 0.05) is 13.6 Å². The van der Waals surface area contributed by atoms with E-state index < -0.39 is 0 Å². The third-order valence-electron chi connectivity index (χ3n) is 1.53. The molecule has 0 aliphatic carbocycles. The van der Waals surface area contributed by atoms with E-state index in [2.05, 4.69) is 17.1 Å². The van der Waals surface area contributed by atoms with Crippen molar-refractivity contribution in [3.8, 4) is 0 Å². The largest absolute Gasteiger partial charge is 0.382 e. The molecule has 0 saturated heterocycles. The first-order valence-electron chi connectivity index (χ1n) is 3.25. The van der Waals surface area contributed by atoms with E-state index in [-0.39, 0.29) is 0 Å². The van der Waals surface area contributed by atoms with Gasteiger partial charge >= 0.3 is 0 Å². The van der Waals surface area contributed by atoms with Gasteiger partial charge in [0.25, 0.3) is 0 Å². The molecule has 0 saturated carbocycles. The maximum absolute atomic E-state index is 5.56. The maximum atomic E-state index is 5.56. The molecular formula is C6H12N4. The van der Waals surface area contributed by atoms with Gasteiger partial charge in [0.2, 0.25) is 0 Å². The van der Waals surface area contributed by atoms with Crippen molar-refractivity contribution < 1.29 is 0 Å². The molecule has 0 fully saturated rings. The van der Waals surface area contributed by atoms with Crippen LogP contribution in [-0.4, -0.2) is 23.8 Å². The number of nitrogen functional groups attached to an aromatic ring is 1. The van der Waals surface area contributed by atoms with Gasteiger partial charge in [0.15, 0.2) is 0 Å². The van der Waals surface area contributed by atoms with Crippen molar-refractivity contribution in [2.45, 2.75) is 6.92 Å². The van der Waals surface area contributed by atoms with Crippen LogP contribution in [0.25, 0.3) is 0 Å². The molecule has 0 aromatic carbocycles. The summed E-state index contributed by atoms with van der Waals surface area (Å²) in [4.78, 5) is 2.03. The third kappa shape index (κ3) is 1.05. The SMILES string of the molecule is CCN(C)c1cn[nH]c1N. The quantitative estimate of drug-likeness (QED) is 0.627. The Morgan fingerprint density at radius 2 is 2.50 bits per heavy atom. The van der Waals surface area contributed by atoms with E-state index in [0.717, 1.165) is 12.2 Å². The van der Waals surface area contributed by atoms with Gasteiger partial charge in [-0.15, -0.1) is 0 Å². The highest BCUT2D eigenvalue weighted by molar-refractivity contribution is 5.61. The Balaban J connectivity index is 2.82. The number of anilines is 2. The molecular weight excluding hydrogens is 128 g/mol.